The highest BCUT2D eigenvalue weighted by atomic mass is 16.5. The maximum absolute atomic E-state index is 12.8. The van der Waals surface area contributed by atoms with Crippen LogP contribution in [0.15, 0.2) is 17.1 Å². The summed E-state index contributed by atoms with van der Waals surface area (Å²) in [5, 5.41) is 16.5. The molecule has 0 unspecified atom stereocenters. The van der Waals surface area contributed by atoms with E-state index in [2.05, 4.69) is 25.4 Å². The van der Waals surface area contributed by atoms with E-state index in [1.54, 1.807) is 13.1 Å². The number of aromatic amines is 1. The number of hydrogen-bond acceptors (Lipinski definition) is 7. The molecule has 0 aliphatic carbocycles. The number of hydrogen-bond donors (Lipinski definition) is 3. The SMILES string of the molecule is CCCOc1ncc(N[C@@H](C)C(=O)O)cc1-c1nc2c(CCC)nn(C)c2c(=O)[nH]1. The van der Waals surface area contributed by atoms with E-state index >= 15 is 0 Å². The maximum atomic E-state index is 12.8. The molecular formula is C20H26N6O4. The Morgan fingerprint density at radius 2 is 2.13 bits per heavy atom. The van der Waals surface area contributed by atoms with Crippen LogP contribution < -0.4 is 15.6 Å². The number of nitrogens with one attached hydrogen (secondary N) is 2. The summed E-state index contributed by atoms with van der Waals surface area (Å²) in [4.78, 5) is 35.7. The summed E-state index contributed by atoms with van der Waals surface area (Å²) < 4.78 is 7.28. The van der Waals surface area contributed by atoms with Gasteiger partial charge in [-0.05, 0) is 25.8 Å². The minimum atomic E-state index is -0.990. The van der Waals surface area contributed by atoms with Crippen LogP contribution in [0.1, 0.15) is 39.3 Å². The number of fused-ring (bicyclic) bond motifs is 1. The summed E-state index contributed by atoms with van der Waals surface area (Å²) in [5.41, 5.74) is 2.32. The van der Waals surface area contributed by atoms with Crippen molar-refractivity contribution in [1.29, 1.82) is 0 Å². The van der Waals surface area contributed by atoms with E-state index in [4.69, 9.17) is 9.84 Å². The molecule has 3 rings (SSSR count). The van der Waals surface area contributed by atoms with Crippen LogP contribution in [0.25, 0.3) is 22.4 Å². The topological polar surface area (TPSA) is 135 Å². The minimum absolute atomic E-state index is 0.295. The third-order valence-corrected chi connectivity index (χ3v) is 4.55. The molecular weight excluding hydrogens is 388 g/mol. The molecule has 0 radical (unpaired) electrons. The Labute approximate surface area is 173 Å². The lowest BCUT2D eigenvalue weighted by molar-refractivity contribution is -0.137. The van der Waals surface area contributed by atoms with Crippen molar-refractivity contribution in [3.63, 3.8) is 0 Å². The van der Waals surface area contributed by atoms with Crippen molar-refractivity contribution >= 4 is 22.7 Å². The number of aryl methyl sites for hydroxylation is 2. The quantitative estimate of drug-likeness (QED) is 0.486. The number of rotatable bonds is 9. The molecule has 0 spiro atoms. The lowest BCUT2D eigenvalue weighted by atomic mass is 10.2. The number of aliphatic carboxylic acids is 1. The molecule has 0 aliphatic rings. The molecule has 3 heterocycles. The van der Waals surface area contributed by atoms with Crippen molar-refractivity contribution in [1.82, 2.24) is 24.7 Å². The first kappa shape index (κ1) is 21.3. The predicted octanol–water partition coefficient (Wildman–Crippen LogP) is 2.34. The largest absolute Gasteiger partial charge is 0.480 e. The zero-order valence-electron chi connectivity index (χ0n) is 17.5. The average molecular weight is 414 g/mol. The molecule has 1 atom stereocenters. The molecule has 3 N–H and O–H groups in total. The first-order chi connectivity index (χ1) is 14.3. The molecule has 160 valence electrons. The van der Waals surface area contributed by atoms with Gasteiger partial charge in [0, 0.05) is 7.05 Å². The Bertz CT molecular complexity index is 1120. The molecule has 10 nitrogen and oxygen atoms in total. The van der Waals surface area contributed by atoms with Gasteiger partial charge >= 0.3 is 5.97 Å². The fourth-order valence-electron chi connectivity index (χ4n) is 3.11. The van der Waals surface area contributed by atoms with Crippen LogP contribution in [-0.2, 0) is 18.3 Å². The smallest absolute Gasteiger partial charge is 0.325 e. The summed E-state index contributed by atoms with van der Waals surface area (Å²) in [5.74, 6) is -0.382. The van der Waals surface area contributed by atoms with E-state index in [0.717, 1.165) is 18.5 Å². The number of pyridine rings is 1. The van der Waals surface area contributed by atoms with E-state index in [0.29, 0.717) is 47.0 Å². The van der Waals surface area contributed by atoms with E-state index < -0.39 is 12.0 Å². The molecule has 0 amide bonds. The van der Waals surface area contributed by atoms with Crippen LogP contribution in [0, 0.1) is 0 Å². The monoisotopic (exact) mass is 414 g/mol. The summed E-state index contributed by atoms with van der Waals surface area (Å²) in [7, 11) is 1.72. The lowest BCUT2D eigenvalue weighted by Gasteiger charge is -2.14. The van der Waals surface area contributed by atoms with Crippen LogP contribution in [0.4, 0.5) is 5.69 Å². The van der Waals surface area contributed by atoms with Gasteiger partial charge in [0.1, 0.15) is 17.4 Å². The van der Waals surface area contributed by atoms with Crippen LogP contribution in [0.3, 0.4) is 0 Å². The number of aromatic nitrogens is 5. The molecule has 0 aromatic carbocycles. The first-order valence-corrected chi connectivity index (χ1v) is 9.94. The molecule has 10 heteroatoms. The summed E-state index contributed by atoms with van der Waals surface area (Å²) in [6.45, 7) is 5.98. The molecule has 0 saturated carbocycles. The van der Waals surface area contributed by atoms with Gasteiger partial charge in [-0.15, -0.1) is 0 Å². The Balaban J connectivity index is 2.16. The fraction of sp³-hybridized carbons (Fsp3) is 0.450. The third kappa shape index (κ3) is 4.27. The predicted molar refractivity (Wildman–Crippen MR) is 113 cm³/mol. The van der Waals surface area contributed by atoms with E-state index in [1.165, 1.54) is 17.8 Å². The highest BCUT2D eigenvalue weighted by Crippen LogP contribution is 2.29. The van der Waals surface area contributed by atoms with Gasteiger partial charge in [0.05, 0.1) is 29.7 Å². The summed E-state index contributed by atoms with van der Waals surface area (Å²) in [6, 6.07) is 0.864. The molecule has 0 saturated heterocycles. The first-order valence-electron chi connectivity index (χ1n) is 9.94. The second kappa shape index (κ2) is 8.93. The van der Waals surface area contributed by atoms with Gasteiger partial charge in [-0.2, -0.15) is 5.10 Å². The second-order valence-electron chi connectivity index (χ2n) is 7.06. The molecule has 0 bridgehead atoms. The van der Waals surface area contributed by atoms with Gasteiger partial charge in [0.15, 0.2) is 5.52 Å². The number of carbonyl (C=O) groups is 1. The van der Waals surface area contributed by atoms with Crippen molar-refractivity contribution in [2.45, 2.75) is 46.1 Å². The molecule has 0 fully saturated rings. The van der Waals surface area contributed by atoms with Gasteiger partial charge in [0.25, 0.3) is 5.56 Å². The Morgan fingerprint density at radius 3 is 2.80 bits per heavy atom. The zero-order valence-corrected chi connectivity index (χ0v) is 17.5. The standard InChI is InChI=1S/C20H26N6O4/c1-5-7-14-15-16(26(4)25-14)18(27)24-17(23-15)13-9-12(22-11(3)20(28)29)10-21-19(13)30-8-6-2/h9-11,22H,5-8H2,1-4H3,(H,28,29)(H,23,24,27)/t11-/m0/s1. The third-order valence-electron chi connectivity index (χ3n) is 4.55. The summed E-state index contributed by atoms with van der Waals surface area (Å²) >= 11 is 0. The molecule has 30 heavy (non-hydrogen) atoms. The van der Waals surface area contributed by atoms with Crippen LogP contribution >= 0.6 is 0 Å². The van der Waals surface area contributed by atoms with Crippen molar-refractivity contribution in [3.05, 3.63) is 28.3 Å². The van der Waals surface area contributed by atoms with Gasteiger partial charge in [0.2, 0.25) is 5.88 Å². The van der Waals surface area contributed by atoms with E-state index in [1.807, 2.05) is 13.8 Å². The van der Waals surface area contributed by atoms with Crippen molar-refractivity contribution in [3.8, 4) is 17.3 Å². The number of ether oxygens (including phenoxy) is 1. The Morgan fingerprint density at radius 1 is 1.37 bits per heavy atom. The van der Waals surface area contributed by atoms with Crippen LogP contribution in [-0.4, -0.2) is 48.5 Å². The average Bonchev–Trinajstić information content (AvgIpc) is 3.03. The van der Waals surface area contributed by atoms with Crippen molar-refractivity contribution < 1.29 is 14.6 Å². The van der Waals surface area contributed by atoms with Crippen LogP contribution in [0.5, 0.6) is 5.88 Å². The zero-order chi connectivity index (χ0) is 21.8. The fourth-order valence-corrected chi connectivity index (χ4v) is 3.11. The summed E-state index contributed by atoms with van der Waals surface area (Å²) in [6.07, 6.45) is 3.85. The van der Waals surface area contributed by atoms with Gasteiger partial charge in [-0.3, -0.25) is 14.3 Å². The van der Waals surface area contributed by atoms with Gasteiger partial charge in [-0.25, -0.2) is 9.97 Å². The maximum Gasteiger partial charge on any atom is 0.325 e. The second-order valence-corrected chi connectivity index (χ2v) is 7.06. The van der Waals surface area contributed by atoms with Crippen molar-refractivity contribution in [2.24, 2.45) is 7.05 Å². The normalized spacial score (nSPS) is 12.1. The molecule has 3 aromatic rings. The number of carboxylic acid groups (broad SMARTS) is 1. The number of anilines is 1. The minimum Gasteiger partial charge on any atom is -0.480 e. The number of carboxylic acids is 1. The molecule has 0 aliphatic heterocycles. The number of H-pyrrole nitrogens is 1. The number of nitrogens with zero attached hydrogens (tertiary/aromatic N) is 4. The van der Waals surface area contributed by atoms with Gasteiger partial charge in [-0.1, -0.05) is 20.3 Å². The lowest BCUT2D eigenvalue weighted by Crippen LogP contribution is -2.25. The van der Waals surface area contributed by atoms with Crippen LogP contribution in [0.2, 0.25) is 0 Å². The highest BCUT2D eigenvalue weighted by molar-refractivity contribution is 5.81. The molecule has 3 aromatic heterocycles. The van der Waals surface area contributed by atoms with E-state index in [-0.39, 0.29) is 5.56 Å². The van der Waals surface area contributed by atoms with Gasteiger partial charge < -0.3 is 20.1 Å². The Hall–Kier alpha value is -3.43. The van der Waals surface area contributed by atoms with Crippen molar-refractivity contribution in [2.75, 3.05) is 11.9 Å². The van der Waals surface area contributed by atoms with E-state index in [9.17, 15) is 9.59 Å². The Kier molecular flexibility index (Phi) is 6.34. The highest BCUT2D eigenvalue weighted by Gasteiger charge is 2.19.